The molecular formula is C12H13F3N2O2S. The molecule has 0 amide bonds. The van der Waals surface area contributed by atoms with Crippen molar-refractivity contribution in [1.82, 2.24) is 0 Å². The van der Waals surface area contributed by atoms with Crippen LogP contribution in [0.1, 0.15) is 11.1 Å². The fourth-order valence-electron chi connectivity index (χ4n) is 1.57. The van der Waals surface area contributed by atoms with E-state index in [1.165, 1.54) is 24.1 Å². The summed E-state index contributed by atoms with van der Waals surface area (Å²) in [6, 6.07) is 3.33. The highest BCUT2D eigenvalue weighted by Crippen LogP contribution is 2.33. The second-order valence-electron chi connectivity index (χ2n) is 4.02. The highest BCUT2D eigenvalue weighted by Gasteiger charge is 2.34. The molecule has 0 spiro atoms. The van der Waals surface area contributed by atoms with Crippen molar-refractivity contribution in [1.29, 1.82) is 0 Å². The number of carbonyl (C=O) groups is 1. The molecule has 0 aliphatic rings. The molecule has 110 valence electrons. The molecule has 20 heavy (non-hydrogen) atoms. The number of hydrogen-bond donors (Lipinski definition) is 1. The Morgan fingerprint density at radius 3 is 2.50 bits per heavy atom. The van der Waals surface area contributed by atoms with Gasteiger partial charge in [0.2, 0.25) is 0 Å². The molecule has 1 aromatic rings. The summed E-state index contributed by atoms with van der Waals surface area (Å²) in [4.78, 5) is 12.2. The second-order valence-corrected chi connectivity index (χ2v) is 4.46. The van der Waals surface area contributed by atoms with Gasteiger partial charge in [-0.25, -0.2) is 0 Å². The van der Waals surface area contributed by atoms with Crippen LogP contribution < -0.4 is 10.6 Å². The molecule has 0 saturated heterocycles. The van der Waals surface area contributed by atoms with E-state index < -0.39 is 17.7 Å². The molecule has 8 heteroatoms. The van der Waals surface area contributed by atoms with Gasteiger partial charge in [0, 0.05) is 18.3 Å². The molecule has 0 aromatic heterocycles. The van der Waals surface area contributed by atoms with Crippen molar-refractivity contribution in [2.24, 2.45) is 5.73 Å². The third-order valence-electron chi connectivity index (χ3n) is 2.61. The lowest BCUT2D eigenvalue weighted by atomic mass is 10.1. The van der Waals surface area contributed by atoms with E-state index in [1.807, 2.05) is 0 Å². The zero-order chi connectivity index (χ0) is 15.5. The van der Waals surface area contributed by atoms with Crippen molar-refractivity contribution in [3.8, 4) is 0 Å². The third-order valence-corrected chi connectivity index (χ3v) is 2.83. The van der Waals surface area contributed by atoms with Crippen LogP contribution in [0.2, 0.25) is 0 Å². The average Bonchev–Trinajstić information content (AvgIpc) is 2.36. The molecule has 0 heterocycles. The average molecular weight is 306 g/mol. The minimum atomic E-state index is -4.54. The first-order valence-electron chi connectivity index (χ1n) is 5.45. The molecule has 1 rings (SSSR count). The summed E-state index contributed by atoms with van der Waals surface area (Å²) >= 11 is 4.64. The number of methoxy groups -OCH3 is 1. The summed E-state index contributed by atoms with van der Waals surface area (Å²) in [5.74, 6) is -0.510. The molecule has 0 saturated carbocycles. The molecule has 0 bridgehead atoms. The largest absolute Gasteiger partial charge is 0.468 e. The topological polar surface area (TPSA) is 55.6 Å². The van der Waals surface area contributed by atoms with Gasteiger partial charge in [-0.3, -0.25) is 4.79 Å². The van der Waals surface area contributed by atoms with Gasteiger partial charge >= 0.3 is 12.1 Å². The number of halogens is 3. The van der Waals surface area contributed by atoms with Gasteiger partial charge in [-0.15, -0.1) is 0 Å². The monoisotopic (exact) mass is 306 g/mol. The molecule has 2 N–H and O–H groups in total. The molecule has 0 atom stereocenters. The van der Waals surface area contributed by atoms with E-state index in [-0.39, 0.29) is 17.1 Å². The van der Waals surface area contributed by atoms with Crippen LogP contribution in [0.15, 0.2) is 18.2 Å². The predicted octanol–water partition coefficient (Wildman–Crippen LogP) is 1.95. The summed E-state index contributed by atoms with van der Waals surface area (Å²) in [7, 11) is 2.77. The van der Waals surface area contributed by atoms with Gasteiger partial charge < -0.3 is 15.4 Å². The number of thiocarbonyl (C=S) groups is 1. The first-order chi connectivity index (χ1) is 9.16. The molecular weight excluding hydrogens is 293 g/mol. The van der Waals surface area contributed by atoms with Gasteiger partial charge in [-0.1, -0.05) is 12.2 Å². The SMILES string of the molecule is COC(=O)CN(C)c1ccc(C(F)(F)F)c(C(N)=S)c1. The van der Waals surface area contributed by atoms with Crippen LogP contribution in [0.3, 0.4) is 0 Å². The summed E-state index contributed by atoms with van der Waals surface area (Å²) in [6.07, 6.45) is -4.54. The number of benzene rings is 1. The van der Waals surface area contributed by atoms with Crippen LogP contribution in [0.25, 0.3) is 0 Å². The lowest BCUT2D eigenvalue weighted by molar-refractivity contribution is -0.139. The van der Waals surface area contributed by atoms with Crippen molar-refractivity contribution in [2.75, 3.05) is 25.6 Å². The van der Waals surface area contributed by atoms with Crippen molar-refractivity contribution < 1.29 is 22.7 Å². The first kappa shape index (κ1) is 16.2. The van der Waals surface area contributed by atoms with E-state index in [0.717, 1.165) is 6.07 Å². The summed E-state index contributed by atoms with van der Waals surface area (Å²) < 4.78 is 42.9. The lowest BCUT2D eigenvalue weighted by Crippen LogP contribution is -2.27. The van der Waals surface area contributed by atoms with Crippen molar-refractivity contribution in [3.63, 3.8) is 0 Å². The Morgan fingerprint density at radius 1 is 1.45 bits per heavy atom. The van der Waals surface area contributed by atoms with E-state index in [9.17, 15) is 18.0 Å². The number of rotatable bonds is 4. The van der Waals surface area contributed by atoms with Crippen LogP contribution in [0.4, 0.5) is 18.9 Å². The van der Waals surface area contributed by atoms with Crippen LogP contribution in [-0.2, 0) is 15.7 Å². The minimum Gasteiger partial charge on any atom is -0.468 e. The maximum atomic E-state index is 12.8. The van der Waals surface area contributed by atoms with E-state index in [4.69, 9.17) is 5.73 Å². The smallest absolute Gasteiger partial charge is 0.417 e. The zero-order valence-electron chi connectivity index (χ0n) is 10.8. The fraction of sp³-hybridized carbons (Fsp3) is 0.333. The number of ether oxygens (including phenoxy) is 1. The van der Waals surface area contributed by atoms with Gasteiger partial charge in [0.15, 0.2) is 0 Å². The number of alkyl halides is 3. The summed E-state index contributed by atoms with van der Waals surface area (Å²) in [5, 5.41) is 0. The molecule has 4 nitrogen and oxygen atoms in total. The predicted molar refractivity (Wildman–Crippen MR) is 72.6 cm³/mol. The number of carbonyl (C=O) groups excluding carboxylic acids is 1. The van der Waals surface area contributed by atoms with E-state index in [0.29, 0.717) is 5.69 Å². The first-order valence-corrected chi connectivity index (χ1v) is 5.86. The van der Waals surface area contributed by atoms with Crippen molar-refractivity contribution >= 4 is 28.9 Å². The van der Waals surface area contributed by atoms with E-state index >= 15 is 0 Å². The lowest BCUT2D eigenvalue weighted by Gasteiger charge is -2.20. The van der Waals surface area contributed by atoms with Crippen molar-refractivity contribution in [3.05, 3.63) is 29.3 Å². The van der Waals surface area contributed by atoms with Gasteiger partial charge in [0.1, 0.15) is 11.5 Å². The number of esters is 1. The van der Waals surface area contributed by atoms with Crippen LogP contribution >= 0.6 is 12.2 Å². The Bertz CT molecular complexity index is 532. The number of likely N-dealkylation sites (N-methyl/N-ethyl adjacent to an activating group) is 1. The summed E-state index contributed by atoms with van der Waals surface area (Å²) in [5.41, 5.74) is 4.53. The van der Waals surface area contributed by atoms with Crippen molar-refractivity contribution in [2.45, 2.75) is 6.18 Å². The molecule has 0 aliphatic heterocycles. The molecule has 1 aromatic carbocycles. The Kier molecular flexibility index (Phi) is 4.93. The Labute approximate surface area is 119 Å². The van der Waals surface area contributed by atoms with Gasteiger partial charge in [0.25, 0.3) is 0 Å². The Hall–Kier alpha value is -1.83. The standard InChI is InChI=1S/C12H13F3N2O2S/c1-17(6-10(18)19-2)7-3-4-9(12(13,14)15)8(5-7)11(16)20/h3-5H,6H2,1-2H3,(H2,16,20). The zero-order valence-corrected chi connectivity index (χ0v) is 11.6. The Balaban J connectivity index is 3.17. The summed E-state index contributed by atoms with van der Waals surface area (Å²) in [6.45, 7) is -0.0986. The highest BCUT2D eigenvalue weighted by atomic mass is 32.1. The highest BCUT2D eigenvalue weighted by molar-refractivity contribution is 7.80. The van der Waals surface area contributed by atoms with Crippen LogP contribution in [-0.4, -0.2) is 31.7 Å². The second kappa shape index (κ2) is 6.08. The number of hydrogen-bond acceptors (Lipinski definition) is 4. The van der Waals surface area contributed by atoms with Crippen LogP contribution in [0, 0.1) is 0 Å². The maximum absolute atomic E-state index is 12.8. The van der Waals surface area contributed by atoms with Gasteiger partial charge in [0.05, 0.1) is 12.7 Å². The normalized spacial score (nSPS) is 11.1. The molecule has 0 aliphatic carbocycles. The number of anilines is 1. The van der Waals surface area contributed by atoms with Gasteiger partial charge in [-0.2, -0.15) is 13.2 Å². The molecule has 0 fully saturated rings. The quantitative estimate of drug-likeness (QED) is 0.680. The minimum absolute atomic E-state index is 0.0986. The van der Waals surface area contributed by atoms with E-state index in [2.05, 4.69) is 17.0 Å². The molecule has 0 radical (unpaired) electrons. The van der Waals surface area contributed by atoms with E-state index in [1.54, 1.807) is 7.05 Å². The number of nitrogens with zero attached hydrogens (tertiary/aromatic N) is 1. The number of nitrogens with two attached hydrogens (primary N) is 1. The fourth-order valence-corrected chi connectivity index (χ4v) is 1.74. The Morgan fingerprint density at radius 2 is 2.05 bits per heavy atom. The molecule has 0 unspecified atom stereocenters. The van der Waals surface area contributed by atoms with Crippen LogP contribution in [0.5, 0.6) is 0 Å². The maximum Gasteiger partial charge on any atom is 0.417 e. The van der Waals surface area contributed by atoms with Gasteiger partial charge in [-0.05, 0) is 18.2 Å². The third kappa shape index (κ3) is 3.83.